The Morgan fingerprint density at radius 1 is 1.44 bits per heavy atom. The fourth-order valence-electron chi connectivity index (χ4n) is 2.55. The maximum absolute atomic E-state index is 3.73. The van der Waals surface area contributed by atoms with Crippen molar-refractivity contribution in [1.82, 2.24) is 5.32 Å². The van der Waals surface area contributed by atoms with Gasteiger partial charge in [0.2, 0.25) is 0 Å². The zero-order valence-electron chi connectivity index (χ0n) is 10.0. The first-order chi connectivity index (χ1) is 7.68. The first-order valence-corrected chi connectivity index (χ1v) is 7.81. The van der Waals surface area contributed by atoms with E-state index in [-0.39, 0.29) is 0 Å². The maximum atomic E-state index is 3.73. The molecule has 0 spiro atoms. The highest BCUT2D eigenvalue weighted by Crippen LogP contribution is 2.30. The summed E-state index contributed by atoms with van der Waals surface area (Å²) in [5.41, 5.74) is 0. The van der Waals surface area contributed by atoms with Crippen molar-refractivity contribution in [3.8, 4) is 0 Å². The minimum atomic E-state index is 0.706. The van der Waals surface area contributed by atoms with Crippen LogP contribution >= 0.6 is 27.3 Å². The lowest BCUT2D eigenvalue weighted by molar-refractivity contribution is 0.206. The predicted octanol–water partition coefficient (Wildman–Crippen LogP) is 4.42. The second kappa shape index (κ2) is 5.65. The number of halogens is 1. The third-order valence-electron chi connectivity index (χ3n) is 3.92. The van der Waals surface area contributed by atoms with Crippen LogP contribution in [-0.2, 0) is 6.54 Å². The molecule has 3 heteroatoms. The minimum absolute atomic E-state index is 0.706. The molecular weight excluding hydrogens is 282 g/mol. The molecule has 1 nitrogen and oxygen atoms in total. The summed E-state index contributed by atoms with van der Waals surface area (Å²) in [6, 6.07) is 2.84. The molecule has 1 N–H and O–H groups in total. The van der Waals surface area contributed by atoms with E-state index in [4.69, 9.17) is 0 Å². The topological polar surface area (TPSA) is 12.0 Å². The van der Waals surface area contributed by atoms with Crippen LogP contribution in [-0.4, -0.2) is 6.04 Å². The van der Waals surface area contributed by atoms with Crippen LogP contribution in [0.4, 0.5) is 0 Å². The van der Waals surface area contributed by atoms with Gasteiger partial charge in [0.05, 0.1) is 0 Å². The van der Waals surface area contributed by atoms with E-state index < -0.39 is 0 Å². The van der Waals surface area contributed by atoms with Gasteiger partial charge in [0.1, 0.15) is 0 Å². The van der Waals surface area contributed by atoms with Crippen molar-refractivity contribution >= 4 is 27.3 Å². The van der Waals surface area contributed by atoms with Crippen molar-refractivity contribution in [2.75, 3.05) is 0 Å². The Bertz CT molecular complexity index is 336. The molecule has 1 saturated carbocycles. The van der Waals surface area contributed by atoms with Crippen LogP contribution in [0.15, 0.2) is 15.9 Å². The lowest BCUT2D eigenvalue weighted by atomic mass is 9.78. The van der Waals surface area contributed by atoms with Gasteiger partial charge in [-0.15, -0.1) is 11.3 Å². The van der Waals surface area contributed by atoms with E-state index in [1.807, 2.05) is 11.3 Å². The highest BCUT2D eigenvalue weighted by molar-refractivity contribution is 9.10. The molecule has 1 fully saturated rings. The van der Waals surface area contributed by atoms with Crippen molar-refractivity contribution in [3.05, 3.63) is 20.8 Å². The van der Waals surface area contributed by atoms with Gasteiger partial charge in [0, 0.05) is 21.9 Å². The number of hydrogen-bond donors (Lipinski definition) is 1. The molecule has 90 valence electrons. The second-order valence-electron chi connectivity index (χ2n) is 4.95. The number of nitrogens with one attached hydrogen (secondary N) is 1. The van der Waals surface area contributed by atoms with E-state index in [1.165, 1.54) is 28.6 Å². The number of hydrogen-bond acceptors (Lipinski definition) is 2. The van der Waals surface area contributed by atoms with E-state index in [0.29, 0.717) is 6.04 Å². The lowest BCUT2D eigenvalue weighted by Crippen LogP contribution is -2.40. The molecule has 1 heterocycles. The van der Waals surface area contributed by atoms with Gasteiger partial charge in [-0.3, -0.25) is 0 Å². The summed E-state index contributed by atoms with van der Waals surface area (Å²) in [5.74, 6) is 1.69. The van der Waals surface area contributed by atoms with Gasteiger partial charge < -0.3 is 5.32 Å². The molecular formula is C13H20BrNS. The fraction of sp³-hybridized carbons (Fsp3) is 0.692. The van der Waals surface area contributed by atoms with Crippen LogP contribution in [0.25, 0.3) is 0 Å². The molecule has 2 rings (SSSR count). The Morgan fingerprint density at radius 3 is 2.94 bits per heavy atom. The smallest absolute Gasteiger partial charge is 0.0327 e. The molecule has 1 aliphatic carbocycles. The monoisotopic (exact) mass is 301 g/mol. The van der Waals surface area contributed by atoms with Crippen molar-refractivity contribution in [2.45, 2.75) is 45.7 Å². The van der Waals surface area contributed by atoms with Crippen molar-refractivity contribution in [2.24, 2.45) is 11.8 Å². The predicted molar refractivity (Wildman–Crippen MR) is 74.8 cm³/mol. The Morgan fingerprint density at radius 2 is 2.25 bits per heavy atom. The molecule has 0 radical (unpaired) electrons. The highest BCUT2D eigenvalue weighted by Gasteiger charge is 2.26. The van der Waals surface area contributed by atoms with Gasteiger partial charge in [0.25, 0.3) is 0 Å². The molecule has 3 atom stereocenters. The van der Waals surface area contributed by atoms with Gasteiger partial charge in [0.15, 0.2) is 0 Å². The van der Waals surface area contributed by atoms with Crippen LogP contribution in [0.2, 0.25) is 0 Å². The molecule has 0 amide bonds. The summed E-state index contributed by atoms with van der Waals surface area (Å²) in [7, 11) is 0. The van der Waals surface area contributed by atoms with Crippen molar-refractivity contribution < 1.29 is 0 Å². The molecule has 16 heavy (non-hydrogen) atoms. The van der Waals surface area contributed by atoms with E-state index in [0.717, 1.165) is 18.4 Å². The van der Waals surface area contributed by atoms with E-state index in [1.54, 1.807) is 0 Å². The van der Waals surface area contributed by atoms with Gasteiger partial charge in [-0.1, -0.05) is 26.7 Å². The zero-order chi connectivity index (χ0) is 11.5. The van der Waals surface area contributed by atoms with Gasteiger partial charge in [-0.05, 0) is 45.6 Å². The Hall–Kier alpha value is 0.140. The molecule has 0 bridgehead atoms. The molecule has 0 saturated heterocycles. The van der Waals surface area contributed by atoms with Crippen LogP contribution in [0.5, 0.6) is 0 Å². The zero-order valence-corrected chi connectivity index (χ0v) is 12.4. The van der Waals surface area contributed by atoms with E-state index in [2.05, 4.69) is 46.5 Å². The number of rotatable bonds is 3. The van der Waals surface area contributed by atoms with Crippen LogP contribution in [0, 0.1) is 11.8 Å². The quantitative estimate of drug-likeness (QED) is 0.871. The average molecular weight is 302 g/mol. The molecule has 1 aromatic heterocycles. The SMILES string of the molecule is CC1CCCC(NCc2sccc2Br)C1C. The molecule has 1 aliphatic rings. The lowest BCUT2D eigenvalue weighted by Gasteiger charge is -2.34. The highest BCUT2D eigenvalue weighted by atomic mass is 79.9. The molecule has 0 aromatic carbocycles. The third-order valence-corrected chi connectivity index (χ3v) is 5.85. The third kappa shape index (κ3) is 2.88. The largest absolute Gasteiger partial charge is 0.309 e. The van der Waals surface area contributed by atoms with E-state index >= 15 is 0 Å². The fourth-order valence-corrected chi connectivity index (χ4v) is 3.99. The van der Waals surface area contributed by atoms with Crippen LogP contribution in [0.1, 0.15) is 38.0 Å². The minimum Gasteiger partial charge on any atom is -0.309 e. The van der Waals surface area contributed by atoms with Crippen molar-refractivity contribution in [3.63, 3.8) is 0 Å². The summed E-state index contributed by atoms with van der Waals surface area (Å²) in [5, 5.41) is 5.87. The Labute approximate surface area is 111 Å². The second-order valence-corrected chi connectivity index (χ2v) is 6.80. The Kier molecular flexibility index (Phi) is 4.45. The number of thiophene rings is 1. The van der Waals surface area contributed by atoms with Crippen LogP contribution in [0.3, 0.4) is 0 Å². The van der Waals surface area contributed by atoms with E-state index in [9.17, 15) is 0 Å². The average Bonchev–Trinajstić information content (AvgIpc) is 2.67. The first-order valence-electron chi connectivity index (χ1n) is 6.13. The normalized spacial score (nSPS) is 30.6. The summed E-state index contributed by atoms with van der Waals surface area (Å²) >= 11 is 5.42. The molecule has 1 aromatic rings. The first kappa shape index (κ1) is 12.6. The Balaban J connectivity index is 1.88. The molecule has 0 aliphatic heterocycles. The summed E-state index contributed by atoms with van der Waals surface area (Å²) in [6.07, 6.45) is 4.13. The summed E-state index contributed by atoms with van der Waals surface area (Å²) < 4.78 is 1.25. The maximum Gasteiger partial charge on any atom is 0.0327 e. The summed E-state index contributed by atoms with van der Waals surface area (Å²) in [4.78, 5) is 1.42. The standard InChI is InChI=1S/C13H20BrNS/c1-9-4-3-5-12(10(9)2)15-8-13-11(14)6-7-16-13/h6-7,9-10,12,15H,3-5,8H2,1-2H3. The van der Waals surface area contributed by atoms with Gasteiger partial charge in [-0.25, -0.2) is 0 Å². The molecule has 3 unspecified atom stereocenters. The summed E-state index contributed by atoms with van der Waals surface area (Å²) in [6.45, 7) is 5.80. The van der Waals surface area contributed by atoms with Crippen molar-refractivity contribution in [1.29, 1.82) is 0 Å². The van der Waals surface area contributed by atoms with Gasteiger partial charge >= 0.3 is 0 Å². The van der Waals surface area contributed by atoms with Crippen LogP contribution < -0.4 is 5.32 Å². The van der Waals surface area contributed by atoms with Gasteiger partial charge in [-0.2, -0.15) is 0 Å².